The lowest BCUT2D eigenvalue weighted by molar-refractivity contribution is 0.482. The fourth-order valence-corrected chi connectivity index (χ4v) is 2.93. The zero-order chi connectivity index (χ0) is 12.7. The highest BCUT2D eigenvalue weighted by molar-refractivity contribution is 6.17. The van der Waals surface area contributed by atoms with E-state index in [0.717, 1.165) is 23.7 Å². The van der Waals surface area contributed by atoms with Crippen molar-refractivity contribution in [3.63, 3.8) is 0 Å². The standard InChI is InChI=1S/C15H19ClN2/c1-10-3-6-13-14(9-10)18(11(2)12-4-5-12)15(17-13)7-8-16/h3,6,9,11-12H,4-5,7-8H2,1-2H3. The van der Waals surface area contributed by atoms with Gasteiger partial charge in [0.2, 0.25) is 0 Å². The Morgan fingerprint density at radius 1 is 1.44 bits per heavy atom. The first kappa shape index (κ1) is 12.0. The van der Waals surface area contributed by atoms with Gasteiger partial charge in [-0.1, -0.05) is 6.07 Å². The van der Waals surface area contributed by atoms with Gasteiger partial charge >= 0.3 is 0 Å². The molecule has 0 radical (unpaired) electrons. The number of alkyl halides is 1. The van der Waals surface area contributed by atoms with Crippen LogP contribution in [-0.4, -0.2) is 15.4 Å². The van der Waals surface area contributed by atoms with Gasteiger partial charge in [0.05, 0.1) is 11.0 Å². The summed E-state index contributed by atoms with van der Waals surface area (Å²) in [5, 5.41) is 0. The SMILES string of the molecule is Cc1ccc2nc(CCCl)n(C(C)C3CC3)c2c1. The second-order valence-electron chi connectivity index (χ2n) is 5.41. The van der Waals surface area contributed by atoms with Crippen molar-refractivity contribution in [3.05, 3.63) is 29.6 Å². The van der Waals surface area contributed by atoms with Crippen molar-refractivity contribution in [3.8, 4) is 0 Å². The average molecular weight is 263 g/mol. The summed E-state index contributed by atoms with van der Waals surface area (Å²) in [4.78, 5) is 4.75. The molecule has 96 valence electrons. The smallest absolute Gasteiger partial charge is 0.111 e. The molecule has 0 amide bonds. The number of benzene rings is 1. The lowest BCUT2D eigenvalue weighted by atomic mass is 10.1. The van der Waals surface area contributed by atoms with Gasteiger partial charge in [0, 0.05) is 18.3 Å². The lowest BCUT2D eigenvalue weighted by Crippen LogP contribution is -2.11. The number of hydrogen-bond donors (Lipinski definition) is 0. The quantitative estimate of drug-likeness (QED) is 0.759. The highest BCUT2D eigenvalue weighted by Gasteiger charge is 2.31. The predicted molar refractivity (Wildman–Crippen MR) is 76.3 cm³/mol. The molecule has 0 N–H and O–H groups in total. The Morgan fingerprint density at radius 3 is 2.89 bits per heavy atom. The number of aromatic nitrogens is 2. The molecule has 1 aromatic carbocycles. The van der Waals surface area contributed by atoms with Gasteiger partial charge < -0.3 is 4.57 Å². The highest BCUT2D eigenvalue weighted by Crippen LogP contribution is 2.41. The molecule has 1 heterocycles. The molecule has 0 spiro atoms. The largest absolute Gasteiger partial charge is 0.325 e. The summed E-state index contributed by atoms with van der Waals surface area (Å²) in [7, 11) is 0. The number of hydrogen-bond acceptors (Lipinski definition) is 1. The minimum atomic E-state index is 0.551. The molecule has 1 saturated carbocycles. The van der Waals surface area contributed by atoms with E-state index in [1.807, 2.05) is 0 Å². The molecule has 0 saturated heterocycles. The minimum absolute atomic E-state index is 0.551. The third-order valence-corrected chi connectivity index (χ3v) is 4.14. The predicted octanol–water partition coefficient (Wildman–Crippen LogP) is 4.10. The zero-order valence-electron chi connectivity index (χ0n) is 11.0. The zero-order valence-corrected chi connectivity index (χ0v) is 11.7. The van der Waals surface area contributed by atoms with Gasteiger partial charge in [-0.2, -0.15) is 0 Å². The van der Waals surface area contributed by atoms with Crippen LogP contribution in [0.15, 0.2) is 18.2 Å². The van der Waals surface area contributed by atoms with Crippen molar-refractivity contribution in [2.75, 3.05) is 5.88 Å². The molecule has 0 aliphatic heterocycles. The number of rotatable bonds is 4. The Balaban J connectivity index is 2.15. The number of imidazole rings is 1. The Bertz CT molecular complexity index is 569. The summed E-state index contributed by atoms with van der Waals surface area (Å²) in [6, 6.07) is 7.05. The molecule has 2 nitrogen and oxygen atoms in total. The van der Waals surface area contributed by atoms with E-state index in [1.54, 1.807) is 0 Å². The van der Waals surface area contributed by atoms with E-state index >= 15 is 0 Å². The molecule has 2 aromatic rings. The molecule has 18 heavy (non-hydrogen) atoms. The maximum Gasteiger partial charge on any atom is 0.111 e. The van der Waals surface area contributed by atoms with Gasteiger partial charge in [-0.15, -0.1) is 11.6 Å². The van der Waals surface area contributed by atoms with Crippen LogP contribution in [0.4, 0.5) is 0 Å². The van der Waals surface area contributed by atoms with Crippen molar-refractivity contribution in [1.29, 1.82) is 0 Å². The topological polar surface area (TPSA) is 17.8 Å². The summed E-state index contributed by atoms with van der Waals surface area (Å²) in [6.45, 7) is 4.46. The summed E-state index contributed by atoms with van der Waals surface area (Å²) >= 11 is 5.91. The normalized spacial score (nSPS) is 17.3. The second kappa shape index (κ2) is 4.58. The first-order valence-electron chi connectivity index (χ1n) is 6.74. The van der Waals surface area contributed by atoms with E-state index in [-0.39, 0.29) is 0 Å². The van der Waals surface area contributed by atoms with Gasteiger partial charge in [0.1, 0.15) is 5.82 Å². The van der Waals surface area contributed by atoms with Crippen LogP contribution >= 0.6 is 11.6 Å². The van der Waals surface area contributed by atoms with Crippen LogP contribution in [0, 0.1) is 12.8 Å². The van der Waals surface area contributed by atoms with Gasteiger partial charge in [-0.25, -0.2) is 4.98 Å². The Labute approximate surface area is 113 Å². The molecule has 1 atom stereocenters. The molecule has 3 heteroatoms. The fourth-order valence-electron chi connectivity index (χ4n) is 2.76. The highest BCUT2D eigenvalue weighted by atomic mass is 35.5. The molecule has 1 aliphatic carbocycles. The Hall–Kier alpha value is -1.02. The van der Waals surface area contributed by atoms with E-state index < -0.39 is 0 Å². The number of aryl methyl sites for hydroxylation is 2. The third kappa shape index (κ3) is 2.03. The van der Waals surface area contributed by atoms with E-state index in [0.29, 0.717) is 11.9 Å². The third-order valence-electron chi connectivity index (χ3n) is 3.95. The van der Waals surface area contributed by atoms with E-state index in [4.69, 9.17) is 16.6 Å². The van der Waals surface area contributed by atoms with E-state index in [9.17, 15) is 0 Å². The summed E-state index contributed by atoms with van der Waals surface area (Å²) in [5.41, 5.74) is 3.67. The Morgan fingerprint density at radius 2 is 2.22 bits per heavy atom. The molecule has 3 rings (SSSR count). The molecular formula is C15H19ClN2. The van der Waals surface area contributed by atoms with Crippen LogP contribution in [-0.2, 0) is 6.42 Å². The summed E-state index contributed by atoms with van der Waals surface area (Å²) in [5.74, 6) is 2.61. The maximum absolute atomic E-state index is 5.91. The monoisotopic (exact) mass is 262 g/mol. The first-order chi connectivity index (χ1) is 8.70. The summed E-state index contributed by atoms with van der Waals surface area (Å²) in [6.07, 6.45) is 3.56. The number of fused-ring (bicyclic) bond motifs is 1. The molecule has 1 fully saturated rings. The maximum atomic E-state index is 5.91. The molecule has 1 aromatic heterocycles. The van der Waals surface area contributed by atoms with Crippen LogP contribution in [0.5, 0.6) is 0 Å². The number of nitrogens with zero attached hydrogens (tertiary/aromatic N) is 2. The molecule has 1 unspecified atom stereocenters. The van der Waals surface area contributed by atoms with Crippen molar-refractivity contribution in [2.24, 2.45) is 5.92 Å². The van der Waals surface area contributed by atoms with Gasteiger partial charge in [-0.3, -0.25) is 0 Å². The van der Waals surface area contributed by atoms with Crippen LogP contribution in [0.1, 0.15) is 37.2 Å². The molecule has 1 aliphatic rings. The van der Waals surface area contributed by atoms with Crippen LogP contribution < -0.4 is 0 Å². The number of halogens is 1. The van der Waals surface area contributed by atoms with Crippen LogP contribution in [0.25, 0.3) is 11.0 Å². The minimum Gasteiger partial charge on any atom is -0.325 e. The average Bonchev–Trinajstić information content (AvgIpc) is 3.12. The van der Waals surface area contributed by atoms with Crippen molar-refractivity contribution in [1.82, 2.24) is 9.55 Å². The van der Waals surface area contributed by atoms with Crippen LogP contribution in [0.3, 0.4) is 0 Å². The van der Waals surface area contributed by atoms with Crippen molar-refractivity contribution < 1.29 is 0 Å². The fraction of sp³-hybridized carbons (Fsp3) is 0.533. The lowest BCUT2D eigenvalue weighted by Gasteiger charge is -2.17. The van der Waals surface area contributed by atoms with Crippen LogP contribution in [0.2, 0.25) is 0 Å². The van der Waals surface area contributed by atoms with Gasteiger partial charge in [0.15, 0.2) is 0 Å². The Kier molecular flexibility index (Phi) is 3.06. The molecular weight excluding hydrogens is 244 g/mol. The summed E-state index contributed by atoms with van der Waals surface area (Å²) < 4.78 is 2.42. The van der Waals surface area contributed by atoms with E-state index in [2.05, 4.69) is 36.6 Å². The molecule has 0 bridgehead atoms. The van der Waals surface area contributed by atoms with Gasteiger partial charge in [0.25, 0.3) is 0 Å². The van der Waals surface area contributed by atoms with Gasteiger partial charge in [-0.05, 0) is 50.3 Å². The first-order valence-corrected chi connectivity index (χ1v) is 7.27. The van der Waals surface area contributed by atoms with E-state index in [1.165, 1.54) is 23.9 Å². The van der Waals surface area contributed by atoms with Crippen molar-refractivity contribution >= 4 is 22.6 Å². The van der Waals surface area contributed by atoms with Crippen molar-refractivity contribution in [2.45, 2.75) is 39.2 Å². The second-order valence-corrected chi connectivity index (χ2v) is 5.79.